The summed E-state index contributed by atoms with van der Waals surface area (Å²) >= 11 is 0. The Morgan fingerprint density at radius 2 is 1.95 bits per heavy atom. The Bertz CT molecular complexity index is 487. The van der Waals surface area contributed by atoms with E-state index in [-0.39, 0.29) is 30.7 Å². The van der Waals surface area contributed by atoms with Gasteiger partial charge in [-0.15, -0.1) is 6.58 Å². The molecule has 1 unspecified atom stereocenters. The summed E-state index contributed by atoms with van der Waals surface area (Å²) in [5.74, 6) is 0.597. The zero-order chi connectivity index (χ0) is 15.5. The van der Waals surface area contributed by atoms with Gasteiger partial charge in [-0.1, -0.05) is 50.3 Å². The summed E-state index contributed by atoms with van der Waals surface area (Å²) in [5.41, 5.74) is 1.05. The minimum absolute atomic E-state index is 0.0255. The molecular formula is C18H24O4. The van der Waals surface area contributed by atoms with E-state index in [9.17, 15) is 0 Å². The number of hydrogen-bond acceptors (Lipinski definition) is 4. The molecule has 4 heteroatoms. The van der Waals surface area contributed by atoms with Gasteiger partial charge < -0.3 is 18.9 Å². The van der Waals surface area contributed by atoms with Gasteiger partial charge in [-0.3, -0.25) is 0 Å². The van der Waals surface area contributed by atoms with Crippen LogP contribution in [0.4, 0.5) is 0 Å². The van der Waals surface area contributed by atoms with Crippen LogP contribution in [0.3, 0.4) is 0 Å². The Morgan fingerprint density at radius 3 is 2.68 bits per heavy atom. The summed E-state index contributed by atoms with van der Waals surface area (Å²) in [6, 6.07) is 10.0. The monoisotopic (exact) mass is 304 g/mol. The first-order chi connectivity index (χ1) is 10.7. The van der Waals surface area contributed by atoms with Gasteiger partial charge in [0.15, 0.2) is 12.6 Å². The van der Waals surface area contributed by atoms with Crippen molar-refractivity contribution in [2.75, 3.05) is 13.2 Å². The van der Waals surface area contributed by atoms with E-state index in [1.807, 2.05) is 30.3 Å². The standard InChI is InChI=1S/C18H24O4/c1-4-10-19-17-13(3)12(2)16-15(21-17)11-20-18(22-16)14-8-6-5-7-9-14/h4-9,12-13,15-18H,1,10-11H2,2-3H3/t12-,13-,15-,16-,17+,18?/m1/s1. The zero-order valence-corrected chi connectivity index (χ0v) is 13.2. The normalized spacial score (nSPS) is 38.3. The van der Waals surface area contributed by atoms with Gasteiger partial charge in [-0.2, -0.15) is 0 Å². The summed E-state index contributed by atoms with van der Waals surface area (Å²) < 4.78 is 23.8. The third-order valence-corrected chi connectivity index (χ3v) is 4.59. The second-order valence-corrected chi connectivity index (χ2v) is 6.06. The lowest BCUT2D eigenvalue weighted by molar-refractivity contribution is -0.341. The quantitative estimate of drug-likeness (QED) is 0.800. The number of ether oxygens (including phenoxy) is 4. The maximum atomic E-state index is 6.19. The Labute approximate surface area is 132 Å². The zero-order valence-electron chi connectivity index (χ0n) is 13.2. The Balaban J connectivity index is 1.69. The van der Waals surface area contributed by atoms with Crippen LogP contribution in [0.25, 0.3) is 0 Å². The van der Waals surface area contributed by atoms with Crippen molar-refractivity contribution in [3.05, 3.63) is 48.6 Å². The second-order valence-electron chi connectivity index (χ2n) is 6.06. The lowest BCUT2D eigenvalue weighted by Crippen LogP contribution is -2.55. The Morgan fingerprint density at radius 1 is 1.18 bits per heavy atom. The molecule has 0 saturated carbocycles. The minimum Gasteiger partial charge on any atom is -0.348 e. The van der Waals surface area contributed by atoms with E-state index in [0.717, 1.165) is 5.56 Å². The lowest BCUT2D eigenvalue weighted by atomic mass is 9.84. The molecule has 2 fully saturated rings. The molecule has 0 N–H and O–H groups in total. The number of rotatable bonds is 4. The molecule has 2 saturated heterocycles. The molecule has 0 radical (unpaired) electrons. The van der Waals surface area contributed by atoms with Crippen molar-refractivity contribution in [3.63, 3.8) is 0 Å². The van der Waals surface area contributed by atoms with Gasteiger partial charge in [0.25, 0.3) is 0 Å². The molecule has 2 aliphatic rings. The third kappa shape index (κ3) is 3.10. The molecule has 0 aliphatic carbocycles. The average Bonchev–Trinajstić information content (AvgIpc) is 2.57. The van der Waals surface area contributed by atoms with E-state index in [1.54, 1.807) is 6.08 Å². The fourth-order valence-corrected chi connectivity index (χ4v) is 3.11. The number of benzene rings is 1. The summed E-state index contributed by atoms with van der Waals surface area (Å²) in [6.07, 6.45) is 1.14. The van der Waals surface area contributed by atoms with Crippen molar-refractivity contribution < 1.29 is 18.9 Å². The molecule has 3 rings (SSSR count). The largest absolute Gasteiger partial charge is 0.348 e. The van der Waals surface area contributed by atoms with E-state index in [1.165, 1.54) is 0 Å². The second kappa shape index (κ2) is 6.92. The van der Waals surface area contributed by atoms with Crippen LogP contribution >= 0.6 is 0 Å². The molecule has 22 heavy (non-hydrogen) atoms. The van der Waals surface area contributed by atoms with Crippen LogP contribution in [0, 0.1) is 11.8 Å². The summed E-state index contributed by atoms with van der Waals surface area (Å²) in [7, 11) is 0. The fourth-order valence-electron chi connectivity index (χ4n) is 3.11. The predicted molar refractivity (Wildman–Crippen MR) is 83.1 cm³/mol. The van der Waals surface area contributed by atoms with Crippen LogP contribution in [-0.2, 0) is 18.9 Å². The van der Waals surface area contributed by atoms with Crippen LogP contribution < -0.4 is 0 Å². The van der Waals surface area contributed by atoms with Crippen molar-refractivity contribution in [3.8, 4) is 0 Å². The summed E-state index contributed by atoms with van der Waals surface area (Å²) in [6.45, 7) is 9.04. The first kappa shape index (κ1) is 15.7. The highest BCUT2D eigenvalue weighted by atomic mass is 16.7. The van der Waals surface area contributed by atoms with Gasteiger partial charge in [-0.25, -0.2) is 0 Å². The first-order valence-corrected chi connectivity index (χ1v) is 7.90. The SMILES string of the molecule is C=CCO[C@H]1O[C@@H]2COC(c3ccccc3)O[C@@H]2[C@H](C)[C@H]1C. The van der Waals surface area contributed by atoms with Gasteiger partial charge in [-0.05, 0) is 5.92 Å². The third-order valence-electron chi connectivity index (χ3n) is 4.59. The Hall–Kier alpha value is -1.20. The molecule has 0 amide bonds. The molecule has 0 bridgehead atoms. The van der Waals surface area contributed by atoms with Crippen molar-refractivity contribution in [1.82, 2.24) is 0 Å². The van der Waals surface area contributed by atoms with E-state index < -0.39 is 0 Å². The molecule has 2 aliphatic heterocycles. The molecule has 120 valence electrons. The van der Waals surface area contributed by atoms with Crippen LogP contribution in [0.15, 0.2) is 43.0 Å². The molecule has 4 nitrogen and oxygen atoms in total. The van der Waals surface area contributed by atoms with Crippen LogP contribution in [-0.4, -0.2) is 31.7 Å². The van der Waals surface area contributed by atoms with Crippen molar-refractivity contribution in [2.24, 2.45) is 11.8 Å². The van der Waals surface area contributed by atoms with E-state index in [2.05, 4.69) is 20.4 Å². The number of fused-ring (bicyclic) bond motifs is 1. The maximum Gasteiger partial charge on any atom is 0.184 e. The van der Waals surface area contributed by atoms with Crippen LogP contribution in [0.1, 0.15) is 25.7 Å². The van der Waals surface area contributed by atoms with Gasteiger partial charge >= 0.3 is 0 Å². The van der Waals surface area contributed by atoms with E-state index >= 15 is 0 Å². The highest BCUT2D eigenvalue weighted by Gasteiger charge is 2.46. The van der Waals surface area contributed by atoms with Crippen molar-refractivity contribution in [1.29, 1.82) is 0 Å². The molecule has 1 aromatic rings. The molecule has 0 aromatic heterocycles. The first-order valence-electron chi connectivity index (χ1n) is 7.90. The molecule has 2 heterocycles. The van der Waals surface area contributed by atoms with Gasteiger partial charge in [0.1, 0.15) is 6.10 Å². The van der Waals surface area contributed by atoms with Gasteiger partial charge in [0.05, 0.1) is 19.3 Å². The van der Waals surface area contributed by atoms with Crippen molar-refractivity contribution >= 4 is 0 Å². The highest BCUT2D eigenvalue weighted by molar-refractivity contribution is 5.16. The van der Waals surface area contributed by atoms with E-state index in [0.29, 0.717) is 19.1 Å². The van der Waals surface area contributed by atoms with Crippen LogP contribution in [0.2, 0.25) is 0 Å². The summed E-state index contributed by atoms with van der Waals surface area (Å²) in [4.78, 5) is 0. The average molecular weight is 304 g/mol. The predicted octanol–water partition coefficient (Wildman–Crippen LogP) is 3.30. The maximum absolute atomic E-state index is 6.19. The van der Waals surface area contributed by atoms with Crippen LogP contribution in [0.5, 0.6) is 0 Å². The Kier molecular flexibility index (Phi) is 4.93. The van der Waals surface area contributed by atoms with Gasteiger partial charge in [0.2, 0.25) is 0 Å². The number of hydrogen-bond donors (Lipinski definition) is 0. The lowest BCUT2D eigenvalue weighted by Gasteiger charge is -2.47. The molecule has 6 atom stereocenters. The molecular weight excluding hydrogens is 280 g/mol. The minimum atomic E-state index is -0.314. The van der Waals surface area contributed by atoms with Crippen molar-refractivity contribution in [2.45, 2.75) is 38.6 Å². The van der Waals surface area contributed by atoms with E-state index in [4.69, 9.17) is 18.9 Å². The topological polar surface area (TPSA) is 36.9 Å². The molecule has 0 spiro atoms. The van der Waals surface area contributed by atoms with Gasteiger partial charge in [0, 0.05) is 11.5 Å². The summed E-state index contributed by atoms with van der Waals surface area (Å²) in [5, 5.41) is 0. The smallest absolute Gasteiger partial charge is 0.184 e. The fraction of sp³-hybridized carbons (Fsp3) is 0.556. The highest BCUT2D eigenvalue weighted by Crippen LogP contribution is 2.39. The molecule has 1 aromatic carbocycles.